The molecule has 0 amide bonds. The standard InChI is InChI=1S/C24H45N3O8Si2/c1-15-12-27(22(31)26(20(15)30)13-17(28)34-25)21-18(29)19(35-37(10,11)24(5,6)7)16(33-21)14-32-36(8,9)23(2,3)4/h12,16,18-19,21,29H,13-14,25H2,1-11H3/t16-,18-,19-,21-/m1/s1. The van der Waals surface area contributed by atoms with Crippen LogP contribution in [0.15, 0.2) is 15.8 Å². The third-order valence-electron chi connectivity index (χ3n) is 8.02. The van der Waals surface area contributed by atoms with E-state index in [-0.39, 0.29) is 22.2 Å². The Bertz CT molecular complexity index is 1100. The average Bonchev–Trinajstić information content (AvgIpc) is 3.05. The van der Waals surface area contributed by atoms with Gasteiger partial charge in [-0.25, -0.2) is 14.2 Å². The van der Waals surface area contributed by atoms with E-state index in [1.165, 1.54) is 13.1 Å². The van der Waals surface area contributed by atoms with Crippen LogP contribution in [0, 0.1) is 6.92 Å². The number of hydrogen-bond donors (Lipinski definition) is 2. The van der Waals surface area contributed by atoms with Crippen LogP contribution < -0.4 is 17.1 Å². The van der Waals surface area contributed by atoms with E-state index < -0.39 is 64.9 Å². The normalized spacial score (nSPS) is 23.4. The molecule has 0 unspecified atom stereocenters. The van der Waals surface area contributed by atoms with E-state index in [4.69, 9.17) is 19.5 Å². The Labute approximate surface area is 221 Å². The second kappa shape index (κ2) is 10.9. The first-order chi connectivity index (χ1) is 16.6. The van der Waals surface area contributed by atoms with E-state index in [1.807, 2.05) is 0 Å². The third kappa shape index (κ3) is 6.70. The number of aliphatic hydroxyl groups is 1. The molecule has 0 spiro atoms. The topological polar surface area (TPSA) is 144 Å². The maximum absolute atomic E-state index is 13.3. The van der Waals surface area contributed by atoms with Crippen LogP contribution in [0.2, 0.25) is 36.3 Å². The molecule has 11 nitrogen and oxygen atoms in total. The Morgan fingerprint density at radius 3 is 2.11 bits per heavy atom. The summed E-state index contributed by atoms with van der Waals surface area (Å²) in [5, 5.41) is 11.3. The molecule has 1 aliphatic heterocycles. The van der Waals surface area contributed by atoms with Crippen molar-refractivity contribution in [2.24, 2.45) is 5.90 Å². The summed E-state index contributed by atoms with van der Waals surface area (Å²) in [6.07, 6.45) is -2.49. The summed E-state index contributed by atoms with van der Waals surface area (Å²) in [7, 11) is -4.53. The fourth-order valence-corrected chi connectivity index (χ4v) is 5.84. The molecule has 0 saturated carbocycles. The van der Waals surface area contributed by atoms with Crippen LogP contribution in [0.25, 0.3) is 0 Å². The van der Waals surface area contributed by atoms with Crippen LogP contribution in [0.4, 0.5) is 0 Å². The van der Waals surface area contributed by atoms with Crippen molar-refractivity contribution in [2.45, 2.75) is 116 Å². The molecule has 0 aliphatic carbocycles. The molecule has 2 rings (SSSR count). The Morgan fingerprint density at radius 2 is 1.62 bits per heavy atom. The van der Waals surface area contributed by atoms with Crippen LogP contribution in [-0.4, -0.2) is 61.8 Å². The zero-order valence-electron chi connectivity index (χ0n) is 24.1. The highest BCUT2D eigenvalue weighted by Crippen LogP contribution is 2.42. The first kappa shape index (κ1) is 31.6. The quantitative estimate of drug-likeness (QED) is 0.362. The summed E-state index contributed by atoms with van der Waals surface area (Å²) in [6.45, 7) is 22.1. The highest BCUT2D eigenvalue weighted by molar-refractivity contribution is 6.74. The SMILES string of the molecule is Cc1cn([C@@H]2O[C@H](CO[Si](C)(C)C(C)(C)C)[C@@H](O[Si](C)(C)C(C)(C)C)[C@H]2O)c(=O)n(CC(=O)ON)c1=O. The van der Waals surface area contributed by atoms with E-state index in [0.717, 1.165) is 4.57 Å². The van der Waals surface area contributed by atoms with Crippen molar-refractivity contribution in [2.75, 3.05) is 6.61 Å². The summed E-state index contributed by atoms with van der Waals surface area (Å²) in [5.41, 5.74) is -1.31. The molecule has 3 N–H and O–H groups in total. The zero-order valence-corrected chi connectivity index (χ0v) is 26.1. The first-order valence-corrected chi connectivity index (χ1v) is 18.3. The third-order valence-corrected chi connectivity index (χ3v) is 17.0. The average molecular weight is 560 g/mol. The van der Waals surface area contributed by atoms with E-state index >= 15 is 0 Å². The molecule has 0 aromatic carbocycles. The van der Waals surface area contributed by atoms with Crippen molar-refractivity contribution in [3.8, 4) is 0 Å². The lowest BCUT2D eigenvalue weighted by Crippen LogP contribution is -2.51. The van der Waals surface area contributed by atoms with Crippen molar-refractivity contribution < 1.29 is 28.3 Å². The molecule has 1 fully saturated rings. The second-order valence-corrected chi connectivity index (χ2v) is 22.4. The number of aryl methyl sites for hydroxylation is 1. The molecule has 13 heteroatoms. The molecule has 2 heterocycles. The number of carbonyl (C=O) groups excluding carboxylic acids is 1. The molecule has 1 saturated heterocycles. The van der Waals surface area contributed by atoms with Crippen LogP contribution in [-0.2, 0) is 29.8 Å². The summed E-state index contributed by atoms with van der Waals surface area (Å²) < 4.78 is 21.1. The van der Waals surface area contributed by atoms with Gasteiger partial charge in [0.15, 0.2) is 22.9 Å². The van der Waals surface area contributed by atoms with Gasteiger partial charge in [-0.3, -0.25) is 9.36 Å². The number of nitrogens with two attached hydrogens (primary N) is 1. The van der Waals surface area contributed by atoms with E-state index in [9.17, 15) is 19.5 Å². The summed E-state index contributed by atoms with van der Waals surface area (Å²) in [6, 6.07) is 0. The molecule has 4 atom stereocenters. The van der Waals surface area contributed by atoms with E-state index in [1.54, 1.807) is 0 Å². The fraction of sp³-hybridized carbons (Fsp3) is 0.792. The van der Waals surface area contributed by atoms with Gasteiger partial charge in [-0.05, 0) is 43.2 Å². The first-order valence-electron chi connectivity index (χ1n) is 12.5. The van der Waals surface area contributed by atoms with E-state index in [2.05, 4.69) is 72.6 Å². The van der Waals surface area contributed by atoms with Crippen molar-refractivity contribution >= 4 is 22.6 Å². The monoisotopic (exact) mass is 559 g/mol. The Morgan fingerprint density at radius 1 is 1.08 bits per heavy atom. The van der Waals surface area contributed by atoms with Gasteiger partial charge in [0.25, 0.3) is 5.56 Å². The molecule has 0 radical (unpaired) electrons. The van der Waals surface area contributed by atoms with Crippen molar-refractivity contribution in [1.29, 1.82) is 0 Å². The van der Waals surface area contributed by atoms with Gasteiger partial charge in [0, 0.05) is 11.8 Å². The molecular formula is C24H45N3O8Si2. The highest BCUT2D eigenvalue weighted by atomic mass is 28.4. The minimum atomic E-state index is -2.37. The predicted octanol–water partition coefficient (Wildman–Crippen LogP) is 2.41. The second-order valence-electron chi connectivity index (χ2n) is 12.9. The van der Waals surface area contributed by atoms with Crippen LogP contribution in [0.1, 0.15) is 53.3 Å². The van der Waals surface area contributed by atoms with Gasteiger partial charge in [-0.2, -0.15) is 5.90 Å². The van der Waals surface area contributed by atoms with Gasteiger partial charge in [0.1, 0.15) is 24.9 Å². The van der Waals surface area contributed by atoms with Crippen molar-refractivity contribution in [1.82, 2.24) is 9.13 Å². The number of rotatable bonds is 8. The number of hydrogen-bond acceptors (Lipinski definition) is 9. The maximum Gasteiger partial charge on any atom is 0.344 e. The summed E-state index contributed by atoms with van der Waals surface area (Å²) in [5.74, 6) is 3.95. The molecule has 1 aromatic rings. The van der Waals surface area contributed by atoms with Gasteiger partial charge in [0.2, 0.25) is 0 Å². The molecule has 1 aliphatic rings. The summed E-state index contributed by atoms with van der Waals surface area (Å²) >= 11 is 0. The largest absolute Gasteiger partial charge is 0.414 e. The van der Waals surface area contributed by atoms with Crippen LogP contribution in [0.3, 0.4) is 0 Å². The lowest BCUT2D eigenvalue weighted by atomic mass is 10.1. The van der Waals surface area contributed by atoms with Crippen LogP contribution >= 0.6 is 0 Å². The Hall–Kier alpha value is -1.62. The Kier molecular flexibility index (Phi) is 9.28. The Balaban J connectivity index is 2.53. The minimum absolute atomic E-state index is 0.0411. The lowest BCUT2D eigenvalue weighted by Gasteiger charge is -2.41. The predicted molar refractivity (Wildman–Crippen MR) is 145 cm³/mol. The molecule has 37 heavy (non-hydrogen) atoms. The zero-order chi connectivity index (χ0) is 28.7. The molecular weight excluding hydrogens is 514 g/mol. The lowest BCUT2D eigenvalue weighted by molar-refractivity contribution is -0.145. The maximum atomic E-state index is 13.3. The van der Waals surface area contributed by atoms with Gasteiger partial charge >= 0.3 is 11.7 Å². The fourth-order valence-electron chi connectivity index (χ4n) is 3.50. The van der Waals surface area contributed by atoms with Gasteiger partial charge in [-0.1, -0.05) is 41.5 Å². The van der Waals surface area contributed by atoms with Crippen molar-refractivity contribution in [3.63, 3.8) is 0 Å². The number of aromatic nitrogens is 2. The summed E-state index contributed by atoms with van der Waals surface area (Å²) in [4.78, 5) is 41.7. The molecule has 1 aromatic heterocycles. The molecule has 212 valence electrons. The smallest absolute Gasteiger partial charge is 0.344 e. The minimum Gasteiger partial charge on any atom is -0.414 e. The molecule has 0 bridgehead atoms. The number of ether oxygens (including phenoxy) is 1. The number of carbonyl (C=O) groups is 1. The van der Waals surface area contributed by atoms with Crippen molar-refractivity contribution in [3.05, 3.63) is 32.6 Å². The number of nitrogens with zero attached hydrogens (tertiary/aromatic N) is 2. The van der Waals surface area contributed by atoms with Crippen LogP contribution in [0.5, 0.6) is 0 Å². The highest BCUT2D eigenvalue weighted by Gasteiger charge is 2.51. The number of aliphatic hydroxyl groups excluding tert-OH is 1. The van der Waals surface area contributed by atoms with Gasteiger partial charge in [0.05, 0.1) is 6.61 Å². The van der Waals surface area contributed by atoms with Gasteiger partial charge in [-0.15, -0.1) is 0 Å². The van der Waals surface area contributed by atoms with Gasteiger partial charge < -0.3 is 23.5 Å². The van der Waals surface area contributed by atoms with E-state index in [0.29, 0.717) is 4.57 Å².